The lowest BCUT2D eigenvalue weighted by molar-refractivity contribution is -0.385. The van der Waals surface area contributed by atoms with Crippen LogP contribution in [-0.2, 0) is 0 Å². The van der Waals surface area contributed by atoms with E-state index in [2.05, 4.69) is 0 Å². The van der Waals surface area contributed by atoms with E-state index in [1.165, 1.54) is 24.3 Å². The number of hydrogen-bond acceptors (Lipinski definition) is 8. The highest BCUT2D eigenvalue weighted by molar-refractivity contribution is 5.64. The van der Waals surface area contributed by atoms with Crippen molar-refractivity contribution in [3.05, 3.63) is 79.9 Å². The number of carboxylic acid groups (broad SMARTS) is 2. The van der Waals surface area contributed by atoms with Gasteiger partial charge in [0.1, 0.15) is 11.5 Å². The predicted molar refractivity (Wildman–Crippen MR) is 107 cm³/mol. The number of nitro benzene ring substituents is 2. The van der Waals surface area contributed by atoms with Crippen LogP contribution in [0.1, 0.15) is 35.8 Å². The van der Waals surface area contributed by atoms with Gasteiger partial charge in [0, 0.05) is 47.2 Å². The highest BCUT2D eigenvalue weighted by Gasteiger charge is 2.27. The zero-order valence-electron chi connectivity index (χ0n) is 16.2. The Balaban J connectivity index is 1.96. The van der Waals surface area contributed by atoms with Crippen molar-refractivity contribution < 1.29 is 39.1 Å². The summed E-state index contributed by atoms with van der Waals surface area (Å²) in [6.45, 7) is 0. The Bertz CT molecular complexity index is 1040. The van der Waals surface area contributed by atoms with Gasteiger partial charge in [-0.15, -0.1) is 0 Å². The molecule has 166 valence electrons. The second-order valence-corrected chi connectivity index (χ2v) is 6.87. The summed E-state index contributed by atoms with van der Waals surface area (Å²) >= 11 is 0. The maximum absolute atomic E-state index is 11.1. The van der Waals surface area contributed by atoms with E-state index in [-0.39, 0.29) is 22.9 Å². The van der Waals surface area contributed by atoms with Gasteiger partial charge in [0.2, 0.25) is 0 Å². The lowest BCUT2D eigenvalue weighted by atomic mass is 9.81. The third-order valence-corrected chi connectivity index (χ3v) is 4.97. The molecular formula is C20H16N2O10. The number of hydrogen-bond donors (Lipinski definition) is 2. The first-order chi connectivity index (χ1) is 15.2. The molecule has 32 heavy (non-hydrogen) atoms. The van der Waals surface area contributed by atoms with Gasteiger partial charge in [0.15, 0.2) is 0 Å². The third-order valence-electron chi connectivity index (χ3n) is 4.97. The first-order valence-corrected chi connectivity index (χ1v) is 9.22. The lowest BCUT2D eigenvalue weighted by Gasteiger charge is -2.25. The Morgan fingerprint density at radius 1 is 0.781 bits per heavy atom. The Kier molecular flexibility index (Phi) is 6.33. The molecule has 0 aromatic heterocycles. The van der Waals surface area contributed by atoms with Crippen molar-refractivity contribution in [1.29, 1.82) is 0 Å². The van der Waals surface area contributed by atoms with Gasteiger partial charge in [0.25, 0.3) is 11.4 Å². The van der Waals surface area contributed by atoms with Gasteiger partial charge in [-0.2, -0.15) is 0 Å². The molecule has 1 aliphatic rings. The van der Waals surface area contributed by atoms with Crippen LogP contribution in [0.5, 0.6) is 11.5 Å². The highest BCUT2D eigenvalue weighted by atomic mass is 16.7. The van der Waals surface area contributed by atoms with Gasteiger partial charge in [-0.1, -0.05) is 12.2 Å². The predicted octanol–water partition coefficient (Wildman–Crippen LogP) is 4.83. The number of nitro groups is 2. The molecular weight excluding hydrogens is 428 g/mol. The van der Waals surface area contributed by atoms with E-state index >= 15 is 0 Å². The summed E-state index contributed by atoms with van der Waals surface area (Å²) in [5, 5.41) is 40.1. The van der Waals surface area contributed by atoms with E-state index < -0.39 is 34.0 Å². The summed E-state index contributed by atoms with van der Waals surface area (Å²) in [5.41, 5.74) is 0.142. The highest BCUT2D eigenvalue weighted by Crippen LogP contribution is 2.42. The standard InChI is InChI=1S/C20H16N2O10/c23-19(24)31-17-7-5-13(21(27)28)9-15(17)11-1-2-12(4-3-11)16-10-14(22(29)30)6-8-18(16)32-20(25)26/h1-2,5-12H,3-4H2,(H,23,24)(H,25,26). The van der Waals surface area contributed by atoms with Crippen LogP contribution in [0.2, 0.25) is 0 Å². The summed E-state index contributed by atoms with van der Waals surface area (Å²) < 4.78 is 9.50. The average molecular weight is 444 g/mol. The number of allylic oxidation sites excluding steroid dienone is 2. The van der Waals surface area contributed by atoms with E-state index in [4.69, 9.17) is 19.7 Å². The zero-order valence-corrected chi connectivity index (χ0v) is 16.2. The monoisotopic (exact) mass is 444 g/mol. The van der Waals surface area contributed by atoms with Gasteiger partial charge in [-0.05, 0) is 25.0 Å². The molecule has 12 heteroatoms. The van der Waals surface area contributed by atoms with Crippen LogP contribution in [0, 0.1) is 20.2 Å². The molecule has 0 aliphatic heterocycles. The number of ether oxygens (including phenoxy) is 2. The van der Waals surface area contributed by atoms with E-state index in [1.54, 1.807) is 12.2 Å². The molecule has 2 N–H and O–H groups in total. The van der Waals surface area contributed by atoms with Gasteiger partial charge >= 0.3 is 12.3 Å². The number of carbonyl (C=O) groups is 2. The fourth-order valence-corrected chi connectivity index (χ4v) is 3.59. The molecule has 0 fully saturated rings. The Labute approximate surface area is 179 Å². The second-order valence-electron chi connectivity index (χ2n) is 6.87. The summed E-state index contributed by atoms with van der Waals surface area (Å²) in [7, 11) is 0. The number of non-ortho nitro benzene ring substituents is 2. The van der Waals surface area contributed by atoms with Gasteiger partial charge in [-0.25, -0.2) is 9.59 Å². The van der Waals surface area contributed by atoms with Crippen LogP contribution in [-0.4, -0.2) is 32.4 Å². The summed E-state index contributed by atoms with van der Waals surface area (Å²) in [6, 6.07) is 7.16. The van der Waals surface area contributed by atoms with Crippen molar-refractivity contribution in [2.24, 2.45) is 0 Å². The number of rotatable bonds is 6. The molecule has 0 saturated carbocycles. The van der Waals surface area contributed by atoms with Gasteiger partial charge < -0.3 is 19.7 Å². The SMILES string of the molecule is O=C(O)Oc1ccc([N+](=O)[O-])cc1C1C=CC(c2cc([N+](=O)[O-])ccc2OC(=O)O)CC1. The number of nitrogens with zero attached hydrogens (tertiary/aromatic N) is 2. The topological polar surface area (TPSA) is 179 Å². The first kappa shape index (κ1) is 22.2. The quantitative estimate of drug-likeness (QED) is 0.206. The van der Waals surface area contributed by atoms with E-state index in [9.17, 15) is 29.8 Å². The molecule has 0 spiro atoms. The van der Waals surface area contributed by atoms with Crippen LogP contribution >= 0.6 is 0 Å². The smallest absolute Gasteiger partial charge is 0.449 e. The maximum atomic E-state index is 11.1. The molecule has 0 saturated heterocycles. The van der Waals surface area contributed by atoms with Crippen molar-refractivity contribution in [1.82, 2.24) is 0 Å². The van der Waals surface area contributed by atoms with Crippen LogP contribution in [0.3, 0.4) is 0 Å². The summed E-state index contributed by atoms with van der Waals surface area (Å²) in [6.07, 6.45) is 0.979. The molecule has 12 nitrogen and oxygen atoms in total. The summed E-state index contributed by atoms with van der Waals surface area (Å²) in [4.78, 5) is 43.0. The fraction of sp³-hybridized carbons (Fsp3) is 0.200. The molecule has 0 amide bonds. The lowest BCUT2D eigenvalue weighted by Crippen LogP contribution is -2.12. The molecule has 2 atom stereocenters. The number of benzene rings is 2. The van der Waals surface area contributed by atoms with E-state index in [0.717, 1.165) is 12.1 Å². The largest absolute Gasteiger partial charge is 0.511 e. The van der Waals surface area contributed by atoms with Crippen LogP contribution < -0.4 is 9.47 Å². The van der Waals surface area contributed by atoms with E-state index in [1.807, 2.05) is 0 Å². The molecule has 3 rings (SSSR count). The Morgan fingerprint density at radius 2 is 1.16 bits per heavy atom. The summed E-state index contributed by atoms with van der Waals surface area (Å²) in [5.74, 6) is -0.936. The van der Waals surface area contributed by atoms with Gasteiger partial charge in [0.05, 0.1) is 9.85 Å². The van der Waals surface area contributed by atoms with E-state index in [0.29, 0.717) is 24.0 Å². The van der Waals surface area contributed by atoms with Gasteiger partial charge in [-0.3, -0.25) is 20.2 Å². The molecule has 1 aliphatic carbocycles. The van der Waals surface area contributed by atoms with Crippen molar-refractivity contribution in [3.8, 4) is 11.5 Å². The second kappa shape index (κ2) is 9.12. The Hall–Kier alpha value is -4.48. The first-order valence-electron chi connectivity index (χ1n) is 9.22. The molecule has 0 bridgehead atoms. The molecule has 0 heterocycles. The minimum Gasteiger partial charge on any atom is -0.449 e. The molecule has 2 unspecified atom stereocenters. The maximum Gasteiger partial charge on any atom is 0.511 e. The zero-order chi connectivity index (χ0) is 23.4. The molecule has 2 aromatic carbocycles. The minimum absolute atomic E-state index is 0.0403. The third kappa shape index (κ3) is 4.98. The van der Waals surface area contributed by atoms with Crippen LogP contribution in [0.4, 0.5) is 21.0 Å². The van der Waals surface area contributed by atoms with Crippen molar-refractivity contribution >= 4 is 23.7 Å². The molecule has 0 radical (unpaired) electrons. The fourth-order valence-electron chi connectivity index (χ4n) is 3.59. The average Bonchev–Trinajstić information content (AvgIpc) is 2.73. The van der Waals surface area contributed by atoms with Crippen molar-refractivity contribution in [2.45, 2.75) is 24.7 Å². The minimum atomic E-state index is -1.56. The van der Waals surface area contributed by atoms with Crippen molar-refractivity contribution in [2.75, 3.05) is 0 Å². The molecule has 2 aromatic rings. The van der Waals surface area contributed by atoms with Crippen LogP contribution in [0.25, 0.3) is 0 Å². The Morgan fingerprint density at radius 3 is 1.44 bits per heavy atom. The van der Waals surface area contributed by atoms with Crippen molar-refractivity contribution in [3.63, 3.8) is 0 Å². The van der Waals surface area contributed by atoms with Crippen LogP contribution in [0.15, 0.2) is 48.6 Å². The normalized spacial score (nSPS) is 17.4.